The number of nitrogens with one attached hydrogen (secondary N) is 1. The second-order valence-electron chi connectivity index (χ2n) is 3.53. The molecule has 1 amide bonds. The molecule has 0 fully saturated rings. The Kier molecular flexibility index (Phi) is 4.62. The number of amides is 1. The molecule has 4 nitrogen and oxygen atoms in total. The molecule has 0 aliphatic heterocycles. The summed E-state index contributed by atoms with van der Waals surface area (Å²) in [4.78, 5) is 21.8. The minimum Gasteiger partial charge on any atom is -0.480 e. The van der Waals surface area contributed by atoms with Gasteiger partial charge in [0, 0.05) is 17.8 Å². The highest BCUT2D eigenvalue weighted by Crippen LogP contribution is 2.19. The Balaban J connectivity index is 2.86. The average Bonchev–Trinajstić information content (AvgIpc) is 2.19. The molecule has 0 saturated carbocycles. The molecule has 0 heterocycles. The van der Waals surface area contributed by atoms with Gasteiger partial charge in [0.05, 0.1) is 0 Å². The van der Waals surface area contributed by atoms with Gasteiger partial charge in [-0.05, 0) is 17.7 Å². The van der Waals surface area contributed by atoms with E-state index in [1.165, 1.54) is 25.1 Å². The van der Waals surface area contributed by atoms with Crippen LogP contribution in [0.15, 0.2) is 22.7 Å². The van der Waals surface area contributed by atoms with Gasteiger partial charge in [-0.3, -0.25) is 4.79 Å². The van der Waals surface area contributed by atoms with Crippen molar-refractivity contribution in [2.75, 3.05) is 0 Å². The third-order valence-electron chi connectivity index (χ3n) is 2.11. The zero-order valence-electron chi connectivity index (χ0n) is 9.04. The van der Waals surface area contributed by atoms with Gasteiger partial charge in [-0.1, -0.05) is 22.0 Å². The molecule has 1 aromatic rings. The maximum Gasteiger partial charge on any atom is 0.326 e. The van der Waals surface area contributed by atoms with Gasteiger partial charge in [0.15, 0.2) is 0 Å². The van der Waals surface area contributed by atoms with E-state index in [-0.39, 0.29) is 6.42 Å². The van der Waals surface area contributed by atoms with E-state index in [0.717, 1.165) is 0 Å². The zero-order chi connectivity index (χ0) is 13.0. The molecule has 0 aromatic heterocycles. The summed E-state index contributed by atoms with van der Waals surface area (Å²) in [6.07, 6.45) is 0.0930. The van der Waals surface area contributed by atoms with Crippen LogP contribution in [-0.2, 0) is 16.0 Å². The van der Waals surface area contributed by atoms with Crippen molar-refractivity contribution >= 4 is 27.8 Å². The van der Waals surface area contributed by atoms with Crippen molar-refractivity contribution in [1.82, 2.24) is 5.32 Å². The van der Waals surface area contributed by atoms with Crippen molar-refractivity contribution in [3.8, 4) is 0 Å². The summed E-state index contributed by atoms with van der Waals surface area (Å²) in [6, 6.07) is 2.96. The van der Waals surface area contributed by atoms with Crippen LogP contribution in [0.4, 0.5) is 4.39 Å². The molecule has 0 saturated heterocycles. The molecule has 0 radical (unpaired) electrons. The summed E-state index contributed by atoms with van der Waals surface area (Å²) in [6.45, 7) is 1.25. The van der Waals surface area contributed by atoms with Gasteiger partial charge >= 0.3 is 5.97 Å². The first-order valence-electron chi connectivity index (χ1n) is 4.84. The van der Waals surface area contributed by atoms with Gasteiger partial charge in [0.2, 0.25) is 5.91 Å². The van der Waals surface area contributed by atoms with Crippen LogP contribution in [0.2, 0.25) is 0 Å². The van der Waals surface area contributed by atoms with Crippen molar-refractivity contribution < 1.29 is 19.1 Å². The molecular weight excluding hydrogens is 293 g/mol. The van der Waals surface area contributed by atoms with Crippen LogP contribution in [0.3, 0.4) is 0 Å². The molecule has 6 heteroatoms. The topological polar surface area (TPSA) is 66.4 Å². The first kappa shape index (κ1) is 13.6. The van der Waals surface area contributed by atoms with Crippen LogP contribution in [-0.4, -0.2) is 23.0 Å². The zero-order valence-corrected chi connectivity index (χ0v) is 10.6. The van der Waals surface area contributed by atoms with Gasteiger partial charge in [-0.2, -0.15) is 0 Å². The molecule has 0 bridgehead atoms. The van der Waals surface area contributed by atoms with Crippen LogP contribution in [0.1, 0.15) is 12.5 Å². The van der Waals surface area contributed by atoms with Gasteiger partial charge in [0.1, 0.15) is 11.9 Å². The molecule has 2 N–H and O–H groups in total. The quantitative estimate of drug-likeness (QED) is 0.890. The molecule has 1 atom stereocenters. The average molecular weight is 304 g/mol. The fourth-order valence-corrected chi connectivity index (χ4v) is 1.87. The number of rotatable bonds is 4. The summed E-state index contributed by atoms with van der Waals surface area (Å²) in [5, 5.41) is 11.2. The Hall–Kier alpha value is -1.43. The SMILES string of the molecule is CC(=O)NC(Cc1ccc(F)cc1Br)C(=O)O. The third-order valence-corrected chi connectivity index (χ3v) is 2.85. The van der Waals surface area contributed by atoms with E-state index in [9.17, 15) is 14.0 Å². The summed E-state index contributed by atoms with van der Waals surface area (Å²) < 4.78 is 13.3. The van der Waals surface area contributed by atoms with Crippen molar-refractivity contribution in [3.63, 3.8) is 0 Å². The van der Waals surface area contributed by atoms with Gasteiger partial charge in [-0.15, -0.1) is 0 Å². The Morgan fingerprint density at radius 3 is 2.65 bits per heavy atom. The third kappa shape index (κ3) is 4.14. The van der Waals surface area contributed by atoms with E-state index in [0.29, 0.717) is 10.0 Å². The van der Waals surface area contributed by atoms with Crippen molar-refractivity contribution in [3.05, 3.63) is 34.1 Å². The smallest absolute Gasteiger partial charge is 0.326 e. The minimum atomic E-state index is -1.13. The minimum absolute atomic E-state index is 0.0930. The number of aliphatic carboxylic acids is 1. The second kappa shape index (κ2) is 5.77. The Bertz CT molecular complexity index is 450. The summed E-state index contributed by atoms with van der Waals surface area (Å²) in [5.41, 5.74) is 0.618. The lowest BCUT2D eigenvalue weighted by molar-refractivity contribution is -0.141. The van der Waals surface area contributed by atoms with Crippen molar-refractivity contribution in [1.29, 1.82) is 0 Å². The van der Waals surface area contributed by atoms with E-state index < -0.39 is 23.7 Å². The van der Waals surface area contributed by atoms with Crippen LogP contribution in [0.25, 0.3) is 0 Å². The number of carboxylic acid groups (broad SMARTS) is 1. The van der Waals surface area contributed by atoms with Crippen LogP contribution >= 0.6 is 15.9 Å². The molecular formula is C11H11BrFNO3. The normalized spacial score (nSPS) is 11.9. The molecule has 92 valence electrons. The fraction of sp³-hybridized carbons (Fsp3) is 0.273. The number of carboxylic acids is 1. The lowest BCUT2D eigenvalue weighted by Crippen LogP contribution is -2.41. The molecule has 1 aromatic carbocycles. The molecule has 0 aliphatic carbocycles. The van der Waals surface area contributed by atoms with Gasteiger partial charge in [-0.25, -0.2) is 9.18 Å². The molecule has 0 spiro atoms. The van der Waals surface area contributed by atoms with Crippen molar-refractivity contribution in [2.45, 2.75) is 19.4 Å². The van der Waals surface area contributed by atoms with E-state index >= 15 is 0 Å². The fourth-order valence-electron chi connectivity index (χ4n) is 1.35. The number of carbonyl (C=O) groups is 2. The van der Waals surface area contributed by atoms with Crippen LogP contribution in [0.5, 0.6) is 0 Å². The Morgan fingerprint density at radius 1 is 1.53 bits per heavy atom. The van der Waals surface area contributed by atoms with Crippen LogP contribution in [0, 0.1) is 5.82 Å². The standard InChI is InChI=1S/C11H11BrFNO3/c1-6(15)14-10(11(16)17)4-7-2-3-8(13)5-9(7)12/h2-3,5,10H,4H2,1H3,(H,14,15)(H,16,17). The first-order valence-corrected chi connectivity index (χ1v) is 5.63. The summed E-state index contributed by atoms with van der Waals surface area (Å²) >= 11 is 3.15. The molecule has 17 heavy (non-hydrogen) atoms. The predicted molar refractivity (Wildman–Crippen MR) is 63.0 cm³/mol. The first-order chi connectivity index (χ1) is 7.90. The molecule has 1 rings (SSSR count). The summed E-state index contributed by atoms with van der Waals surface area (Å²) in [7, 11) is 0. The molecule has 0 aliphatic rings. The maximum atomic E-state index is 12.8. The van der Waals surface area contributed by atoms with E-state index in [4.69, 9.17) is 5.11 Å². The maximum absolute atomic E-state index is 12.8. The highest BCUT2D eigenvalue weighted by Gasteiger charge is 2.19. The number of halogens is 2. The van der Waals surface area contributed by atoms with Crippen molar-refractivity contribution in [2.24, 2.45) is 0 Å². The lowest BCUT2D eigenvalue weighted by Gasteiger charge is -2.14. The number of carbonyl (C=O) groups excluding carboxylic acids is 1. The molecule has 1 unspecified atom stereocenters. The predicted octanol–water partition coefficient (Wildman–Crippen LogP) is 1.72. The van der Waals surface area contributed by atoms with Gasteiger partial charge in [0.25, 0.3) is 0 Å². The van der Waals surface area contributed by atoms with Gasteiger partial charge < -0.3 is 10.4 Å². The Labute approximate surface area is 106 Å². The number of benzene rings is 1. The highest BCUT2D eigenvalue weighted by molar-refractivity contribution is 9.10. The van der Waals surface area contributed by atoms with E-state index in [2.05, 4.69) is 21.2 Å². The van der Waals surface area contributed by atoms with E-state index in [1.807, 2.05) is 0 Å². The van der Waals surface area contributed by atoms with E-state index in [1.54, 1.807) is 0 Å². The number of hydrogen-bond acceptors (Lipinski definition) is 2. The summed E-state index contributed by atoms with van der Waals surface area (Å²) in [5.74, 6) is -1.96. The second-order valence-corrected chi connectivity index (χ2v) is 4.39. The number of hydrogen-bond donors (Lipinski definition) is 2. The highest BCUT2D eigenvalue weighted by atomic mass is 79.9. The van der Waals surface area contributed by atoms with Crippen LogP contribution < -0.4 is 5.32 Å². The lowest BCUT2D eigenvalue weighted by atomic mass is 10.1. The largest absolute Gasteiger partial charge is 0.480 e. The Morgan fingerprint density at radius 2 is 2.18 bits per heavy atom. The monoisotopic (exact) mass is 303 g/mol.